The average molecular weight is 344 g/mol. The van der Waals surface area contributed by atoms with Gasteiger partial charge in [0.05, 0.1) is 6.61 Å². The van der Waals surface area contributed by atoms with Gasteiger partial charge in [0.15, 0.2) is 5.49 Å². The van der Waals surface area contributed by atoms with Crippen LogP contribution in [0.2, 0.25) is 0 Å². The van der Waals surface area contributed by atoms with Gasteiger partial charge in [0.2, 0.25) is 0 Å². The van der Waals surface area contributed by atoms with Gasteiger partial charge in [0, 0.05) is 0 Å². The molecule has 6 nitrogen and oxygen atoms in total. The minimum Gasteiger partial charge on any atom is -0.324 e. The molecule has 0 aromatic rings. The monoisotopic (exact) mass is 344 g/mol. The first kappa shape index (κ1) is 21.1. The molecule has 0 heterocycles. The summed E-state index contributed by atoms with van der Waals surface area (Å²) in [5, 5.41) is 0. The van der Waals surface area contributed by atoms with Crippen LogP contribution in [0.1, 0.15) is 71.1 Å². The second-order valence-corrected chi connectivity index (χ2v) is 9.09. The van der Waals surface area contributed by atoms with Crippen molar-refractivity contribution in [3.63, 3.8) is 0 Å². The molecule has 0 aliphatic rings. The van der Waals surface area contributed by atoms with Crippen molar-refractivity contribution in [2.24, 2.45) is 0 Å². The van der Waals surface area contributed by atoms with E-state index in [1.54, 1.807) is 0 Å². The predicted molar refractivity (Wildman–Crippen MR) is 84.0 cm³/mol. The molecule has 0 radical (unpaired) electrons. The molecular formula is C13H29O6PS. The number of hydrogen-bond donors (Lipinski definition) is 2. The van der Waals surface area contributed by atoms with Gasteiger partial charge in [-0.15, -0.1) is 0 Å². The summed E-state index contributed by atoms with van der Waals surface area (Å²) in [5.74, 6) is 0. The zero-order chi connectivity index (χ0) is 16.2. The van der Waals surface area contributed by atoms with Crippen LogP contribution in [-0.4, -0.2) is 30.0 Å². The molecule has 0 bridgehead atoms. The van der Waals surface area contributed by atoms with Crippen LogP contribution >= 0.6 is 7.60 Å². The zero-order valence-electron chi connectivity index (χ0n) is 12.9. The molecule has 0 aromatic heterocycles. The maximum Gasteiger partial charge on any atom is 0.345 e. The second kappa shape index (κ2) is 11.6. The SMILES string of the molecule is CCCCCCCCCCCCOP(=O)(O)CS(=O)(=O)O. The van der Waals surface area contributed by atoms with E-state index in [4.69, 9.17) is 4.55 Å². The molecule has 1 atom stereocenters. The van der Waals surface area contributed by atoms with Crippen molar-refractivity contribution in [3.8, 4) is 0 Å². The molecule has 0 amide bonds. The van der Waals surface area contributed by atoms with Gasteiger partial charge in [-0.05, 0) is 6.42 Å². The maximum absolute atomic E-state index is 11.3. The van der Waals surface area contributed by atoms with Gasteiger partial charge in [-0.25, -0.2) is 0 Å². The zero-order valence-corrected chi connectivity index (χ0v) is 14.6. The Hall–Kier alpha value is 0.0600. The number of hydrogen-bond acceptors (Lipinski definition) is 4. The first-order chi connectivity index (χ1) is 9.77. The lowest BCUT2D eigenvalue weighted by Crippen LogP contribution is -2.07. The summed E-state index contributed by atoms with van der Waals surface area (Å²) in [4.78, 5) is 9.19. The third-order valence-electron chi connectivity index (χ3n) is 3.12. The van der Waals surface area contributed by atoms with Crippen LogP contribution < -0.4 is 0 Å². The van der Waals surface area contributed by atoms with Crippen molar-refractivity contribution in [2.75, 3.05) is 12.1 Å². The highest BCUT2D eigenvalue weighted by molar-refractivity contribution is 7.92. The summed E-state index contributed by atoms with van der Waals surface area (Å²) in [6.07, 6.45) is 11.3. The molecule has 0 aromatic carbocycles. The molecule has 0 saturated carbocycles. The lowest BCUT2D eigenvalue weighted by molar-refractivity contribution is 0.255. The lowest BCUT2D eigenvalue weighted by atomic mass is 10.1. The predicted octanol–water partition coefficient (Wildman–Crippen LogP) is 3.95. The van der Waals surface area contributed by atoms with Gasteiger partial charge < -0.3 is 9.42 Å². The van der Waals surface area contributed by atoms with Crippen molar-refractivity contribution in [1.82, 2.24) is 0 Å². The summed E-state index contributed by atoms with van der Waals surface area (Å²) in [5.41, 5.74) is -1.24. The van der Waals surface area contributed by atoms with E-state index in [-0.39, 0.29) is 6.61 Å². The summed E-state index contributed by atoms with van der Waals surface area (Å²) < 4.78 is 45.4. The molecule has 2 N–H and O–H groups in total. The molecule has 0 spiro atoms. The van der Waals surface area contributed by atoms with E-state index in [2.05, 4.69) is 11.4 Å². The van der Waals surface area contributed by atoms with Crippen molar-refractivity contribution in [2.45, 2.75) is 71.1 Å². The maximum atomic E-state index is 11.3. The molecule has 21 heavy (non-hydrogen) atoms. The van der Waals surface area contributed by atoms with E-state index in [9.17, 15) is 17.9 Å². The normalized spacial score (nSPS) is 15.0. The average Bonchev–Trinajstić information content (AvgIpc) is 2.33. The molecule has 1 unspecified atom stereocenters. The van der Waals surface area contributed by atoms with E-state index >= 15 is 0 Å². The number of rotatable bonds is 14. The van der Waals surface area contributed by atoms with Crippen LogP contribution in [0.25, 0.3) is 0 Å². The number of unbranched alkanes of at least 4 members (excludes halogenated alkanes) is 9. The van der Waals surface area contributed by atoms with E-state index in [0.29, 0.717) is 6.42 Å². The Morgan fingerprint density at radius 2 is 1.33 bits per heavy atom. The highest BCUT2D eigenvalue weighted by Crippen LogP contribution is 2.42. The quantitative estimate of drug-likeness (QED) is 0.281. The molecule has 8 heteroatoms. The Kier molecular flexibility index (Phi) is 11.6. The minimum atomic E-state index is -4.48. The second-order valence-electron chi connectivity index (χ2n) is 5.36. The topological polar surface area (TPSA) is 101 Å². The molecule has 128 valence electrons. The van der Waals surface area contributed by atoms with Crippen molar-refractivity contribution in [1.29, 1.82) is 0 Å². The largest absolute Gasteiger partial charge is 0.345 e. The van der Waals surface area contributed by atoms with E-state index < -0.39 is 23.2 Å². The first-order valence-corrected chi connectivity index (χ1v) is 11.1. The molecule has 0 rings (SSSR count). The fourth-order valence-corrected chi connectivity index (χ4v) is 4.40. The van der Waals surface area contributed by atoms with Crippen LogP contribution in [-0.2, 0) is 19.2 Å². The minimum absolute atomic E-state index is 0.0415. The van der Waals surface area contributed by atoms with Gasteiger partial charge in [0.25, 0.3) is 10.1 Å². The Morgan fingerprint density at radius 1 is 0.905 bits per heavy atom. The van der Waals surface area contributed by atoms with Gasteiger partial charge in [-0.1, -0.05) is 64.7 Å². The molecule has 0 aliphatic carbocycles. The van der Waals surface area contributed by atoms with Gasteiger partial charge in [0.1, 0.15) is 0 Å². The lowest BCUT2D eigenvalue weighted by Gasteiger charge is -2.10. The Balaban J connectivity index is 3.42. The Morgan fingerprint density at radius 3 is 1.76 bits per heavy atom. The van der Waals surface area contributed by atoms with Gasteiger partial charge >= 0.3 is 7.60 Å². The standard InChI is InChI=1S/C13H29O6PS/c1-2-3-4-5-6-7-8-9-10-11-12-19-20(14,15)13-21(16,17)18/h2-13H2,1H3,(H,14,15)(H,16,17,18). The van der Waals surface area contributed by atoms with Gasteiger partial charge in [-0.2, -0.15) is 8.42 Å². The van der Waals surface area contributed by atoms with Crippen LogP contribution in [0.15, 0.2) is 0 Å². The summed E-state index contributed by atoms with van der Waals surface area (Å²) in [7, 11) is -8.71. The fraction of sp³-hybridized carbons (Fsp3) is 1.00. The highest BCUT2D eigenvalue weighted by Gasteiger charge is 2.26. The van der Waals surface area contributed by atoms with Crippen molar-refractivity contribution in [3.05, 3.63) is 0 Å². The van der Waals surface area contributed by atoms with Gasteiger partial charge in [-0.3, -0.25) is 9.12 Å². The van der Waals surface area contributed by atoms with Crippen LogP contribution in [0, 0.1) is 0 Å². The van der Waals surface area contributed by atoms with Crippen molar-refractivity contribution >= 4 is 17.7 Å². The van der Waals surface area contributed by atoms with E-state index in [0.717, 1.165) is 19.3 Å². The molecule has 0 fully saturated rings. The van der Waals surface area contributed by atoms with Crippen LogP contribution in [0.5, 0.6) is 0 Å². The third kappa shape index (κ3) is 16.3. The molecule has 0 aliphatic heterocycles. The van der Waals surface area contributed by atoms with E-state index in [1.807, 2.05) is 0 Å². The highest BCUT2D eigenvalue weighted by atomic mass is 32.2. The van der Waals surface area contributed by atoms with E-state index in [1.165, 1.54) is 38.5 Å². The molecule has 0 saturated heterocycles. The summed E-state index contributed by atoms with van der Waals surface area (Å²) in [6.45, 7) is 2.24. The molecular weight excluding hydrogens is 315 g/mol. The smallest absolute Gasteiger partial charge is 0.324 e. The van der Waals surface area contributed by atoms with Crippen LogP contribution in [0.3, 0.4) is 0 Å². The summed E-state index contributed by atoms with van der Waals surface area (Å²) >= 11 is 0. The third-order valence-corrected chi connectivity index (χ3v) is 6.31. The summed E-state index contributed by atoms with van der Waals surface area (Å²) in [6, 6.07) is 0. The van der Waals surface area contributed by atoms with Crippen molar-refractivity contribution < 1.29 is 27.0 Å². The Bertz CT molecular complexity index is 395. The fourth-order valence-electron chi connectivity index (χ4n) is 2.04. The Labute approximate surface area is 128 Å². The van der Waals surface area contributed by atoms with Crippen LogP contribution in [0.4, 0.5) is 0 Å². The first-order valence-electron chi connectivity index (χ1n) is 7.68.